The largest absolute Gasteiger partial charge is 0.497 e. The number of methoxy groups -OCH3 is 1. The Labute approximate surface area is 171 Å². The van der Waals surface area contributed by atoms with Gasteiger partial charge in [-0.25, -0.2) is 4.98 Å². The van der Waals surface area contributed by atoms with Gasteiger partial charge in [0.1, 0.15) is 17.1 Å². The van der Waals surface area contributed by atoms with Crippen LogP contribution in [0.15, 0.2) is 47.2 Å². The highest BCUT2D eigenvalue weighted by Gasteiger charge is 2.27. The van der Waals surface area contributed by atoms with E-state index in [0.29, 0.717) is 47.7 Å². The van der Waals surface area contributed by atoms with Crippen LogP contribution >= 0.6 is 0 Å². The molecule has 1 aliphatic rings. The molecular formula is C21H19N5O4. The summed E-state index contributed by atoms with van der Waals surface area (Å²) in [6.07, 6.45) is 3.29. The molecule has 1 aliphatic heterocycles. The maximum atomic E-state index is 12.9. The Morgan fingerprint density at radius 1 is 1.27 bits per heavy atom. The van der Waals surface area contributed by atoms with E-state index < -0.39 is 0 Å². The molecule has 0 unspecified atom stereocenters. The van der Waals surface area contributed by atoms with E-state index in [2.05, 4.69) is 20.4 Å². The molecule has 1 saturated heterocycles. The molecule has 1 fully saturated rings. The van der Waals surface area contributed by atoms with Gasteiger partial charge in [0.15, 0.2) is 0 Å². The number of carbonyl (C=O) groups excluding carboxylic acids is 1. The number of hydrogen-bond donors (Lipinski definition) is 1. The van der Waals surface area contributed by atoms with Gasteiger partial charge in [0.2, 0.25) is 11.7 Å². The van der Waals surface area contributed by atoms with Gasteiger partial charge in [-0.2, -0.15) is 4.98 Å². The molecule has 30 heavy (non-hydrogen) atoms. The number of pyridine rings is 1. The van der Waals surface area contributed by atoms with Gasteiger partial charge in [-0.05, 0) is 24.6 Å². The lowest BCUT2D eigenvalue weighted by molar-refractivity contribution is -0.00445. The standard InChI is InChI=1S/C21H19N5O4/c1-12-3-4-13(19-24-21(30-25-19)14-10-29-11-14)7-16(12)23-20(27)17-9-22-18-8-15(28-2)5-6-26(17)18/h3-9,14H,10-11H2,1-2H3,(H,23,27). The van der Waals surface area contributed by atoms with E-state index in [-0.39, 0.29) is 11.8 Å². The summed E-state index contributed by atoms with van der Waals surface area (Å²) < 4.78 is 17.4. The van der Waals surface area contributed by atoms with Gasteiger partial charge < -0.3 is 19.3 Å². The van der Waals surface area contributed by atoms with Crippen LogP contribution in [0.3, 0.4) is 0 Å². The monoisotopic (exact) mass is 405 g/mol. The number of amides is 1. The number of benzene rings is 1. The second kappa shape index (κ2) is 7.27. The second-order valence-electron chi connectivity index (χ2n) is 7.11. The quantitative estimate of drug-likeness (QED) is 0.544. The van der Waals surface area contributed by atoms with Crippen LogP contribution in [0.4, 0.5) is 5.69 Å². The molecule has 9 heteroatoms. The van der Waals surface area contributed by atoms with Crippen LogP contribution in [0, 0.1) is 6.92 Å². The van der Waals surface area contributed by atoms with Gasteiger partial charge in [-0.3, -0.25) is 9.20 Å². The molecule has 0 aliphatic carbocycles. The number of rotatable bonds is 5. The molecule has 0 bridgehead atoms. The number of fused-ring (bicyclic) bond motifs is 1. The first-order valence-corrected chi connectivity index (χ1v) is 9.47. The fourth-order valence-corrected chi connectivity index (χ4v) is 3.24. The van der Waals surface area contributed by atoms with E-state index in [9.17, 15) is 4.79 Å². The fourth-order valence-electron chi connectivity index (χ4n) is 3.24. The molecule has 0 radical (unpaired) electrons. The summed E-state index contributed by atoms with van der Waals surface area (Å²) in [6, 6.07) is 9.19. The average Bonchev–Trinajstić information content (AvgIpc) is 3.35. The summed E-state index contributed by atoms with van der Waals surface area (Å²) in [6.45, 7) is 3.12. The first kappa shape index (κ1) is 18.3. The highest BCUT2D eigenvalue weighted by molar-refractivity contribution is 6.04. The smallest absolute Gasteiger partial charge is 0.274 e. The molecule has 4 aromatic rings. The van der Waals surface area contributed by atoms with Crippen LogP contribution in [0.1, 0.15) is 27.9 Å². The predicted octanol–water partition coefficient (Wildman–Crippen LogP) is 3.07. The highest BCUT2D eigenvalue weighted by Crippen LogP contribution is 2.28. The van der Waals surface area contributed by atoms with E-state index >= 15 is 0 Å². The van der Waals surface area contributed by atoms with Crippen molar-refractivity contribution in [3.8, 4) is 17.1 Å². The number of nitrogens with zero attached hydrogens (tertiary/aromatic N) is 4. The van der Waals surface area contributed by atoms with Crippen molar-refractivity contribution in [2.24, 2.45) is 0 Å². The van der Waals surface area contributed by atoms with Crippen LogP contribution < -0.4 is 10.1 Å². The normalized spacial score (nSPS) is 13.9. The topological polar surface area (TPSA) is 104 Å². The third-order valence-electron chi connectivity index (χ3n) is 5.13. The number of ether oxygens (including phenoxy) is 2. The molecular weight excluding hydrogens is 386 g/mol. The Bertz CT molecular complexity index is 1240. The van der Waals surface area contributed by atoms with Crippen molar-refractivity contribution >= 4 is 17.2 Å². The first-order chi connectivity index (χ1) is 14.6. The molecule has 9 nitrogen and oxygen atoms in total. The van der Waals surface area contributed by atoms with E-state index in [1.165, 1.54) is 6.20 Å². The van der Waals surface area contributed by atoms with Crippen molar-refractivity contribution in [2.75, 3.05) is 25.6 Å². The second-order valence-corrected chi connectivity index (χ2v) is 7.11. The lowest BCUT2D eigenvalue weighted by Gasteiger charge is -2.21. The Morgan fingerprint density at radius 3 is 2.90 bits per heavy atom. The van der Waals surface area contributed by atoms with Crippen LogP contribution in [0.5, 0.6) is 5.75 Å². The molecule has 152 valence electrons. The third kappa shape index (κ3) is 3.18. The van der Waals surface area contributed by atoms with Crippen LogP contribution in [0.25, 0.3) is 17.0 Å². The predicted molar refractivity (Wildman–Crippen MR) is 108 cm³/mol. The van der Waals surface area contributed by atoms with Gasteiger partial charge in [0.25, 0.3) is 5.91 Å². The number of aryl methyl sites for hydroxylation is 1. The zero-order valence-electron chi connectivity index (χ0n) is 16.5. The molecule has 1 N–H and O–H groups in total. The van der Waals surface area contributed by atoms with Crippen LogP contribution in [0.2, 0.25) is 0 Å². The van der Waals surface area contributed by atoms with Crippen molar-refractivity contribution in [1.29, 1.82) is 0 Å². The molecule has 0 atom stereocenters. The summed E-state index contributed by atoms with van der Waals surface area (Å²) in [5, 5.41) is 7.02. The van der Waals surface area contributed by atoms with E-state index in [1.54, 1.807) is 29.8 Å². The van der Waals surface area contributed by atoms with E-state index in [4.69, 9.17) is 14.0 Å². The molecule has 4 heterocycles. The third-order valence-corrected chi connectivity index (χ3v) is 5.13. The maximum Gasteiger partial charge on any atom is 0.274 e. The fraction of sp³-hybridized carbons (Fsp3) is 0.238. The van der Waals surface area contributed by atoms with Crippen molar-refractivity contribution in [1.82, 2.24) is 19.5 Å². The number of aromatic nitrogens is 4. The Balaban J connectivity index is 1.41. The number of anilines is 1. The van der Waals surface area contributed by atoms with Crippen LogP contribution in [-0.2, 0) is 4.74 Å². The van der Waals surface area contributed by atoms with Gasteiger partial charge in [-0.15, -0.1) is 0 Å². The minimum atomic E-state index is -0.270. The van der Waals surface area contributed by atoms with E-state index in [1.807, 2.05) is 25.1 Å². The maximum absolute atomic E-state index is 12.9. The highest BCUT2D eigenvalue weighted by atomic mass is 16.5. The van der Waals surface area contributed by atoms with E-state index in [0.717, 1.165) is 11.1 Å². The van der Waals surface area contributed by atoms with Crippen LogP contribution in [-0.4, -0.2) is 45.8 Å². The molecule has 1 amide bonds. The van der Waals surface area contributed by atoms with Crippen molar-refractivity contribution in [3.63, 3.8) is 0 Å². The lowest BCUT2D eigenvalue weighted by Crippen LogP contribution is -2.25. The summed E-state index contributed by atoms with van der Waals surface area (Å²) in [5.41, 5.74) is 3.39. The first-order valence-electron chi connectivity index (χ1n) is 9.47. The molecule has 5 rings (SSSR count). The number of hydrogen-bond acceptors (Lipinski definition) is 7. The van der Waals surface area contributed by atoms with Gasteiger partial charge in [0, 0.05) is 23.5 Å². The summed E-state index contributed by atoms with van der Waals surface area (Å²) >= 11 is 0. The minimum absolute atomic E-state index is 0.157. The molecule has 0 spiro atoms. The molecule has 3 aromatic heterocycles. The molecule has 0 saturated carbocycles. The Kier molecular flexibility index (Phi) is 4.44. The minimum Gasteiger partial charge on any atom is -0.497 e. The Morgan fingerprint density at radius 2 is 2.13 bits per heavy atom. The zero-order valence-corrected chi connectivity index (χ0v) is 16.5. The Hall–Kier alpha value is -3.72. The SMILES string of the molecule is COc1ccn2c(C(=O)Nc3cc(-c4noc(C5COC5)n4)ccc3C)cnc2c1. The summed E-state index contributed by atoms with van der Waals surface area (Å²) in [5.74, 6) is 1.62. The summed E-state index contributed by atoms with van der Waals surface area (Å²) in [7, 11) is 1.59. The number of carbonyl (C=O) groups is 1. The average molecular weight is 405 g/mol. The molecule has 1 aromatic carbocycles. The van der Waals surface area contributed by atoms with Gasteiger partial charge >= 0.3 is 0 Å². The number of nitrogens with one attached hydrogen (secondary N) is 1. The van der Waals surface area contributed by atoms with Crippen molar-refractivity contribution < 1.29 is 18.8 Å². The lowest BCUT2D eigenvalue weighted by atomic mass is 10.1. The zero-order chi connectivity index (χ0) is 20.7. The number of imidazole rings is 1. The van der Waals surface area contributed by atoms with Crippen molar-refractivity contribution in [2.45, 2.75) is 12.8 Å². The van der Waals surface area contributed by atoms with Gasteiger partial charge in [-0.1, -0.05) is 17.3 Å². The summed E-state index contributed by atoms with van der Waals surface area (Å²) in [4.78, 5) is 21.7. The van der Waals surface area contributed by atoms with Crippen molar-refractivity contribution in [3.05, 3.63) is 59.9 Å². The van der Waals surface area contributed by atoms with Gasteiger partial charge in [0.05, 0.1) is 32.4 Å².